The number of benzene rings is 1. The van der Waals surface area contributed by atoms with Crippen molar-refractivity contribution in [2.75, 3.05) is 13.2 Å². The maximum absolute atomic E-state index is 12.8. The first-order chi connectivity index (χ1) is 9.13. The van der Waals surface area contributed by atoms with Gasteiger partial charge in [-0.15, -0.1) is 0 Å². The van der Waals surface area contributed by atoms with Crippen molar-refractivity contribution in [3.05, 3.63) is 35.6 Å². The molecule has 0 spiro atoms. The van der Waals surface area contributed by atoms with Crippen LogP contribution in [0.1, 0.15) is 30.7 Å². The lowest BCUT2D eigenvalue weighted by molar-refractivity contribution is -0.122. The second-order valence-electron chi connectivity index (χ2n) is 5.88. The van der Waals surface area contributed by atoms with Crippen molar-refractivity contribution in [2.45, 2.75) is 25.2 Å². The molecule has 1 aromatic rings. The van der Waals surface area contributed by atoms with E-state index in [4.69, 9.17) is 0 Å². The van der Waals surface area contributed by atoms with Gasteiger partial charge >= 0.3 is 0 Å². The molecule has 3 rings (SSSR count). The Bertz CT molecular complexity index is 481. The number of carbonyl (C=O) groups is 1. The molecule has 102 valence electrons. The van der Waals surface area contributed by atoms with Crippen LogP contribution in [-0.2, 0) is 4.79 Å². The van der Waals surface area contributed by atoms with Crippen molar-refractivity contribution in [3.8, 4) is 0 Å². The minimum absolute atomic E-state index is 0.0138. The van der Waals surface area contributed by atoms with E-state index in [9.17, 15) is 14.3 Å². The van der Waals surface area contributed by atoms with E-state index in [-0.39, 0.29) is 35.6 Å². The number of aliphatic hydroxyl groups is 1. The zero-order valence-electron chi connectivity index (χ0n) is 10.7. The van der Waals surface area contributed by atoms with Crippen LogP contribution in [0, 0.1) is 17.2 Å². The molecule has 0 bridgehead atoms. The third kappa shape index (κ3) is 2.63. The fraction of sp³-hybridized carbons (Fsp3) is 0.533. The summed E-state index contributed by atoms with van der Waals surface area (Å²) in [6, 6.07) is 6.38. The summed E-state index contributed by atoms with van der Waals surface area (Å²) in [5.74, 6) is 0.0582. The van der Waals surface area contributed by atoms with Gasteiger partial charge in [-0.25, -0.2) is 4.39 Å². The Labute approximate surface area is 111 Å². The molecule has 2 N–H and O–H groups in total. The minimum atomic E-state index is -0.246. The highest BCUT2D eigenvalue weighted by Crippen LogP contribution is 2.48. The Morgan fingerprint density at radius 3 is 2.63 bits per heavy atom. The largest absolute Gasteiger partial charge is 0.396 e. The lowest BCUT2D eigenvalue weighted by atomic mass is 10.1. The maximum Gasteiger partial charge on any atom is 0.223 e. The molecule has 0 radical (unpaired) electrons. The monoisotopic (exact) mass is 263 g/mol. The Morgan fingerprint density at radius 1 is 1.37 bits per heavy atom. The summed E-state index contributed by atoms with van der Waals surface area (Å²) >= 11 is 0. The summed E-state index contributed by atoms with van der Waals surface area (Å²) < 4.78 is 12.8. The first-order valence-electron chi connectivity index (χ1n) is 6.78. The third-order valence-corrected chi connectivity index (χ3v) is 4.36. The zero-order valence-corrected chi connectivity index (χ0v) is 10.7. The minimum Gasteiger partial charge on any atom is -0.396 e. The molecule has 0 heterocycles. The van der Waals surface area contributed by atoms with Gasteiger partial charge in [0, 0.05) is 17.9 Å². The molecule has 2 saturated carbocycles. The lowest BCUT2D eigenvalue weighted by Gasteiger charge is -2.12. The molecule has 3 nitrogen and oxygen atoms in total. The molecule has 0 aliphatic heterocycles. The SMILES string of the molecule is O=C(NCC1(CO)CC1)C1CC1c1ccc(F)cc1. The van der Waals surface area contributed by atoms with Crippen LogP contribution >= 0.6 is 0 Å². The van der Waals surface area contributed by atoms with Gasteiger partial charge in [0.25, 0.3) is 0 Å². The quantitative estimate of drug-likeness (QED) is 0.851. The van der Waals surface area contributed by atoms with Crippen molar-refractivity contribution in [1.82, 2.24) is 5.32 Å². The van der Waals surface area contributed by atoms with Crippen molar-refractivity contribution in [3.63, 3.8) is 0 Å². The number of aliphatic hydroxyl groups excluding tert-OH is 1. The summed E-state index contributed by atoms with van der Waals surface area (Å²) in [6.07, 6.45) is 2.83. The average Bonchev–Trinajstić information content (AvgIpc) is 3.31. The van der Waals surface area contributed by atoms with Gasteiger partial charge in [-0.05, 0) is 42.9 Å². The van der Waals surface area contributed by atoms with Gasteiger partial charge in [0.2, 0.25) is 5.91 Å². The number of rotatable bonds is 5. The van der Waals surface area contributed by atoms with Crippen molar-refractivity contribution < 1.29 is 14.3 Å². The van der Waals surface area contributed by atoms with Gasteiger partial charge < -0.3 is 10.4 Å². The van der Waals surface area contributed by atoms with Gasteiger partial charge in [-0.3, -0.25) is 4.79 Å². The summed E-state index contributed by atoms with van der Waals surface area (Å²) in [5.41, 5.74) is 0.987. The number of amides is 1. The first kappa shape index (κ1) is 12.6. The average molecular weight is 263 g/mol. The summed E-state index contributed by atoms with van der Waals surface area (Å²) in [7, 11) is 0. The molecule has 0 aromatic heterocycles. The molecule has 0 saturated heterocycles. The number of hydrogen-bond donors (Lipinski definition) is 2. The topological polar surface area (TPSA) is 49.3 Å². The lowest BCUT2D eigenvalue weighted by Crippen LogP contribution is -2.33. The maximum atomic E-state index is 12.8. The van der Waals surface area contributed by atoms with Crippen LogP contribution in [-0.4, -0.2) is 24.2 Å². The normalized spacial score (nSPS) is 26.8. The van der Waals surface area contributed by atoms with Crippen LogP contribution in [0.3, 0.4) is 0 Å². The molecule has 1 aromatic carbocycles. The highest BCUT2D eigenvalue weighted by molar-refractivity contribution is 5.82. The van der Waals surface area contributed by atoms with Gasteiger partial charge in [0.15, 0.2) is 0 Å². The van der Waals surface area contributed by atoms with Crippen molar-refractivity contribution >= 4 is 5.91 Å². The highest BCUT2D eigenvalue weighted by atomic mass is 19.1. The van der Waals surface area contributed by atoms with E-state index >= 15 is 0 Å². The smallest absolute Gasteiger partial charge is 0.223 e. The fourth-order valence-electron chi connectivity index (χ4n) is 2.54. The van der Waals surface area contributed by atoms with Crippen LogP contribution in [0.2, 0.25) is 0 Å². The molecule has 19 heavy (non-hydrogen) atoms. The van der Waals surface area contributed by atoms with E-state index in [1.54, 1.807) is 12.1 Å². The zero-order chi connectivity index (χ0) is 13.5. The van der Waals surface area contributed by atoms with Gasteiger partial charge in [-0.1, -0.05) is 12.1 Å². The Kier molecular flexibility index (Phi) is 3.05. The van der Waals surface area contributed by atoms with Gasteiger partial charge in [0.1, 0.15) is 5.82 Å². The third-order valence-electron chi connectivity index (χ3n) is 4.36. The second-order valence-corrected chi connectivity index (χ2v) is 5.88. The summed E-state index contributed by atoms with van der Waals surface area (Å²) in [6.45, 7) is 0.730. The molecule has 2 atom stereocenters. The molecular weight excluding hydrogens is 245 g/mol. The van der Waals surface area contributed by atoms with E-state index in [0.29, 0.717) is 6.54 Å². The standard InChI is InChI=1S/C15H18FNO2/c16-11-3-1-10(2-4-11)12-7-13(12)14(19)17-8-15(9-18)5-6-15/h1-4,12-13,18H,5-9H2,(H,17,19). The molecule has 1 amide bonds. The number of nitrogens with one attached hydrogen (secondary N) is 1. The molecular formula is C15H18FNO2. The van der Waals surface area contributed by atoms with Gasteiger partial charge in [0.05, 0.1) is 6.61 Å². The fourth-order valence-corrected chi connectivity index (χ4v) is 2.54. The Hall–Kier alpha value is -1.42. The van der Waals surface area contributed by atoms with E-state index in [1.807, 2.05) is 0 Å². The predicted molar refractivity (Wildman–Crippen MR) is 69.0 cm³/mol. The highest BCUT2D eigenvalue weighted by Gasteiger charge is 2.46. The molecule has 2 aliphatic rings. The molecule has 2 unspecified atom stereocenters. The molecule has 2 aliphatic carbocycles. The van der Waals surface area contributed by atoms with Gasteiger partial charge in [-0.2, -0.15) is 0 Å². The van der Waals surface area contributed by atoms with Crippen LogP contribution in [0.25, 0.3) is 0 Å². The summed E-state index contributed by atoms with van der Waals surface area (Å²) in [5, 5.41) is 12.1. The van der Waals surface area contributed by atoms with E-state index in [0.717, 1.165) is 24.8 Å². The number of hydrogen-bond acceptors (Lipinski definition) is 2. The van der Waals surface area contributed by atoms with E-state index < -0.39 is 0 Å². The first-order valence-corrected chi connectivity index (χ1v) is 6.78. The predicted octanol–water partition coefficient (Wildman–Crippen LogP) is 1.82. The number of halogens is 1. The molecule has 4 heteroatoms. The van der Waals surface area contributed by atoms with Crippen LogP contribution in [0.15, 0.2) is 24.3 Å². The van der Waals surface area contributed by atoms with Crippen LogP contribution < -0.4 is 5.32 Å². The van der Waals surface area contributed by atoms with Crippen molar-refractivity contribution in [2.24, 2.45) is 11.3 Å². The second kappa shape index (κ2) is 4.60. The van der Waals surface area contributed by atoms with Crippen LogP contribution in [0.5, 0.6) is 0 Å². The Balaban J connectivity index is 1.52. The van der Waals surface area contributed by atoms with Crippen LogP contribution in [0.4, 0.5) is 4.39 Å². The molecule has 2 fully saturated rings. The van der Waals surface area contributed by atoms with Crippen molar-refractivity contribution in [1.29, 1.82) is 0 Å². The summed E-state index contributed by atoms with van der Waals surface area (Å²) in [4.78, 5) is 12.0. The van der Waals surface area contributed by atoms with E-state index in [1.165, 1.54) is 12.1 Å². The van der Waals surface area contributed by atoms with E-state index in [2.05, 4.69) is 5.32 Å². The number of carbonyl (C=O) groups excluding carboxylic acids is 1. The Morgan fingerprint density at radius 2 is 2.05 bits per heavy atom.